The van der Waals surface area contributed by atoms with Crippen LogP contribution in [0.2, 0.25) is 0 Å². The first-order chi connectivity index (χ1) is 18.6. The molecule has 1 aliphatic rings. The lowest BCUT2D eigenvalue weighted by atomic mass is 9.91. The second kappa shape index (κ2) is 13.5. The maximum absolute atomic E-state index is 9.59. The molecule has 0 bridgehead atoms. The number of nitrogens with zero attached hydrogens (tertiary/aromatic N) is 1. The van der Waals surface area contributed by atoms with Crippen molar-refractivity contribution < 1.29 is 9.84 Å². The van der Waals surface area contributed by atoms with Crippen molar-refractivity contribution >= 4 is 5.57 Å². The molecule has 1 N–H and O–H groups in total. The summed E-state index contributed by atoms with van der Waals surface area (Å²) < 4.78 is 5.91. The monoisotopic (exact) mass is 505 g/mol. The summed E-state index contributed by atoms with van der Waals surface area (Å²) >= 11 is 0. The lowest BCUT2D eigenvalue weighted by molar-refractivity contribution is 0.294. The van der Waals surface area contributed by atoms with Crippen LogP contribution in [0.3, 0.4) is 0 Å². The van der Waals surface area contributed by atoms with E-state index in [0.29, 0.717) is 18.8 Å². The molecule has 0 amide bonds. The molecular formula is C35H39NO2. The van der Waals surface area contributed by atoms with Crippen LogP contribution in [-0.4, -0.2) is 23.2 Å². The molecule has 38 heavy (non-hydrogen) atoms. The van der Waals surface area contributed by atoms with Crippen LogP contribution in [0, 0.1) is 6.92 Å². The summed E-state index contributed by atoms with van der Waals surface area (Å²) in [5, 5.41) is 9.59. The first kappa shape index (κ1) is 27.1. The molecule has 3 heteroatoms. The van der Waals surface area contributed by atoms with Crippen molar-refractivity contribution in [1.82, 2.24) is 4.90 Å². The van der Waals surface area contributed by atoms with Crippen molar-refractivity contribution in [1.29, 1.82) is 0 Å². The van der Waals surface area contributed by atoms with E-state index in [-0.39, 0.29) is 0 Å². The van der Waals surface area contributed by atoms with Gasteiger partial charge in [0.05, 0.1) is 12.4 Å². The highest BCUT2D eigenvalue weighted by Crippen LogP contribution is 2.34. The molecule has 0 spiro atoms. The standard InChI is InChI=1S/C35H39NO2/c1-4-30-22-21-29(34-19-8-9-20-35(34)33-18-7-6-13-27(33)3)26-36(30)23-11-15-28-14-10-17-32(25-28)38-24-12-16-31(37)5-2/h4-10,13-14,17-22,25-26,37H,11-12,15-16,23-24H2,1-3H3. The molecule has 0 aliphatic carbocycles. The first-order valence-corrected chi connectivity index (χ1v) is 13.6. The van der Waals surface area contributed by atoms with E-state index in [1.165, 1.54) is 39.1 Å². The minimum absolute atomic E-state index is 0.422. The van der Waals surface area contributed by atoms with E-state index in [0.717, 1.165) is 31.6 Å². The van der Waals surface area contributed by atoms with E-state index >= 15 is 0 Å². The number of aliphatic hydroxyl groups is 1. The minimum atomic E-state index is 0.422. The van der Waals surface area contributed by atoms with Gasteiger partial charge in [-0.25, -0.2) is 0 Å². The Morgan fingerprint density at radius 1 is 0.868 bits per heavy atom. The molecule has 0 saturated carbocycles. The van der Waals surface area contributed by atoms with Gasteiger partial charge < -0.3 is 14.7 Å². The number of aryl methyl sites for hydroxylation is 2. The topological polar surface area (TPSA) is 32.7 Å². The van der Waals surface area contributed by atoms with Gasteiger partial charge in [0.25, 0.3) is 0 Å². The predicted octanol–water partition coefficient (Wildman–Crippen LogP) is 9.03. The number of hydrogen-bond donors (Lipinski definition) is 1. The summed E-state index contributed by atoms with van der Waals surface area (Å²) in [5.41, 5.74) is 8.82. The van der Waals surface area contributed by atoms with Gasteiger partial charge in [-0.2, -0.15) is 0 Å². The van der Waals surface area contributed by atoms with E-state index in [1.807, 2.05) is 13.0 Å². The number of rotatable bonds is 11. The molecule has 1 heterocycles. The fourth-order valence-corrected chi connectivity index (χ4v) is 4.85. The molecule has 3 nitrogen and oxygen atoms in total. The molecule has 0 fully saturated rings. The molecule has 0 unspecified atom stereocenters. The summed E-state index contributed by atoms with van der Waals surface area (Å²) in [4.78, 5) is 2.37. The quantitative estimate of drug-likeness (QED) is 0.208. The first-order valence-electron chi connectivity index (χ1n) is 13.6. The van der Waals surface area contributed by atoms with Crippen molar-refractivity contribution in [2.45, 2.75) is 46.5 Å². The highest BCUT2D eigenvalue weighted by atomic mass is 16.5. The van der Waals surface area contributed by atoms with E-state index in [2.05, 4.69) is 110 Å². The van der Waals surface area contributed by atoms with Crippen LogP contribution in [0.1, 0.15) is 49.8 Å². The zero-order valence-corrected chi connectivity index (χ0v) is 22.9. The lowest BCUT2D eigenvalue weighted by Crippen LogP contribution is -2.20. The number of hydrogen-bond acceptors (Lipinski definition) is 3. The molecule has 3 aromatic rings. The van der Waals surface area contributed by atoms with Crippen molar-refractivity contribution in [2.75, 3.05) is 13.2 Å². The Kier molecular flexibility index (Phi) is 9.64. The second-order valence-electron chi connectivity index (χ2n) is 9.67. The normalized spacial score (nSPS) is 14.6. The van der Waals surface area contributed by atoms with Gasteiger partial charge in [-0.1, -0.05) is 72.8 Å². The lowest BCUT2D eigenvalue weighted by Gasteiger charge is -2.27. The number of ether oxygens (including phenoxy) is 1. The Hall–Kier alpha value is -3.98. The molecule has 3 aromatic carbocycles. The van der Waals surface area contributed by atoms with Gasteiger partial charge in [-0.05, 0) is 97.7 Å². The van der Waals surface area contributed by atoms with Gasteiger partial charge in [0.1, 0.15) is 5.75 Å². The van der Waals surface area contributed by atoms with Crippen molar-refractivity contribution in [2.24, 2.45) is 0 Å². The number of allylic oxidation sites excluding steroid dienone is 6. The highest BCUT2D eigenvalue weighted by Gasteiger charge is 2.15. The fourth-order valence-electron chi connectivity index (χ4n) is 4.85. The SMILES string of the molecule is CC=C(O)CCCOc1cccc(CCCN2C=C(c3ccccc3-c3ccccc3C)C=CC2=CC)c1. The van der Waals surface area contributed by atoms with Crippen LogP contribution in [0.15, 0.2) is 115 Å². The molecule has 0 radical (unpaired) electrons. The van der Waals surface area contributed by atoms with E-state index in [4.69, 9.17) is 4.74 Å². The molecule has 4 rings (SSSR count). The zero-order chi connectivity index (χ0) is 26.7. The third kappa shape index (κ3) is 7.07. The largest absolute Gasteiger partial charge is 0.513 e. The van der Waals surface area contributed by atoms with Gasteiger partial charge in [0.2, 0.25) is 0 Å². The second-order valence-corrected chi connectivity index (χ2v) is 9.67. The van der Waals surface area contributed by atoms with Crippen LogP contribution in [0.5, 0.6) is 5.75 Å². The Labute approximate surface area is 228 Å². The summed E-state index contributed by atoms with van der Waals surface area (Å²) in [6, 6.07) is 25.7. The van der Waals surface area contributed by atoms with Crippen LogP contribution in [0.25, 0.3) is 16.7 Å². The average Bonchev–Trinajstić information content (AvgIpc) is 2.95. The number of aliphatic hydroxyl groups excluding tert-OH is 1. The fraction of sp³-hybridized carbons (Fsp3) is 0.257. The molecule has 196 valence electrons. The Morgan fingerprint density at radius 3 is 2.39 bits per heavy atom. The van der Waals surface area contributed by atoms with Crippen LogP contribution in [-0.2, 0) is 6.42 Å². The van der Waals surface area contributed by atoms with Gasteiger partial charge in [0, 0.05) is 24.9 Å². The van der Waals surface area contributed by atoms with Crippen LogP contribution in [0.4, 0.5) is 0 Å². The zero-order valence-electron chi connectivity index (χ0n) is 22.9. The Balaban J connectivity index is 1.42. The third-order valence-corrected chi connectivity index (χ3v) is 6.97. The van der Waals surface area contributed by atoms with E-state index < -0.39 is 0 Å². The highest BCUT2D eigenvalue weighted by molar-refractivity contribution is 5.87. The predicted molar refractivity (Wildman–Crippen MR) is 160 cm³/mol. The van der Waals surface area contributed by atoms with Gasteiger partial charge in [0.15, 0.2) is 0 Å². The summed E-state index contributed by atoms with van der Waals surface area (Å²) in [5.74, 6) is 1.32. The van der Waals surface area contributed by atoms with Crippen LogP contribution >= 0.6 is 0 Å². The van der Waals surface area contributed by atoms with Crippen molar-refractivity contribution in [3.63, 3.8) is 0 Å². The summed E-state index contributed by atoms with van der Waals surface area (Å²) in [7, 11) is 0. The molecule has 0 saturated heterocycles. The minimum Gasteiger partial charge on any atom is -0.513 e. The van der Waals surface area contributed by atoms with E-state index in [9.17, 15) is 5.11 Å². The van der Waals surface area contributed by atoms with Crippen molar-refractivity contribution in [3.8, 4) is 16.9 Å². The molecule has 0 aromatic heterocycles. The Bertz CT molecular complexity index is 1350. The molecule has 0 atom stereocenters. The Morgan fingerprint density at radius 2 is 1.63 bits per heavy atom. The smallest absolute Gasteiger partial charge is 0.119 e. The summed E-state index contributed by atoms with van der Waals surface area (Å²) in [6.07, 6.45) is 14.1. The van der Waals surface area contributed by atoms with Gasteiger partial charge >= 0.3 is 0 Å². The van der Waals surface area contributed by atoms with Gasteiger partial charge in [-0.3, -0.25) is 0 Å². The average molecular weight is 506 g/mol. The summed E-state index contributed by atoms with van der Waals surface area (Å²) in [6.45, 7) is 7.66. The maximum atomic E-state index is 9.59. The molecule has 1 aliphatic heterocycles. The van der Waals surface area contributed by atoms with E-state index in [1.54, 1.807) is 6.08 Å². The third-order valence-electron chi connectivity index (χ3n) is 6.97. The maximum Gasteiger partial charge on any atom is 0.119 e. The van der Waals surface area contributed by atoms with Crippen molar-refractivity contribution in [3.05, 3.63) is 131 Å². The van der Waals surface area contributed by atoms with Crippen LogP contribution < -0.4 is 4.74 Å². The number of benzene rings is 3. The van der Waals surface area contributed by atoms with Gasteiger partial charge in [-0.15, -0.1) is 0 Å². The molecular weight excluding hydrogens is 466 g/mol.